The zero-order valence-electron chi connectivity index (χ0n) is 10.3. The van der Waals surface area contributed by atoms with Crippen molar-refractivity contribution >= 4 is 17.2 Å². The van der Waals surface area contributed by atoms with Crippen LogP contribution in [0.4, 0.5) is 0 Å². The second-order valence-corrected chi connectivity index (χ2v) is 4.91. The van der Waals surface area contributed by atoms with Crippen LogP contribution in [0, 0.1) is 0 Å². The molecule has 0 bridgehead atoms. The van der Waals surface area contributed by atoms with Crippen LogP contribution in [0.3, 0.4) is 0 Å². The molecule has 0 aliphatic carbocycles. The molecule has 0 saturated carbocycles. The first kappa shape index (κ1) is 13.5. The van der Waals surface area contributed by atoms with E-state index in [0.717, 1.165) is 25.9 Å². The first-order valence-corrected chi connectivity index (χ1v) is 7.16. The normalized spacial score (nSPS) is 19.0. The van der Waals surface area contributed by atoms with Crippen molar-refractivity contribution in [2.24, 2.45) is 0 Å². The highest BCUT2D eigenvalue weighted by molar-refractivity contribution is 7.07. The molecule has 1 fully saturated rings. The highest BCUT2D eigenvalue weighted by Gasteiger charge is 2.14. The Morgan fingerprint density at radius 3 is 3.33 bits per heavy atom. The lowest BCUT2D eigenvalue weighted by atomic mass is 10.2. The van der Waals surface area contributed by atoms with Crippen LogP contribution in [0.2, 0.25) is 0 Å². The fourth-order valence-electron chi connectivity index (χ4n) is 1.78. The van der Waals surface area contributed by atoms with Crippen LogP contribution in [0.5, 0.6) is 0 Å². The molecule has 5 nitrogen and oxygen atoms in total. The monoisotopic (exact) mass is 270 g/mol. The average Bonchev–Trinajstić information content (AvgIpc) is 3.05. The summed E-state index contributed by atoms with van der Waals surface area (Å²) in [7, 11) is 0. The van der Waals surface area contributed by atoms with Crippen LogP contribution >= 0.6 is 11.3 Å². The van der Waals surface area contributed by atoms with Crippen molar-refractivity contribution < 1.29 is 14.3 Å². The lowest BCUT2D eigenvalue weighted by Crippen LogP contribution is -2.26. The number of carbonyl (C=O) groups is 1. The molecule has 2 heterocycles. The molecule has 1 aliphatic heterocycles. The molecule has 2 rings (SSSR count). The van der Waals surface area contributed by atoms with Gasteiger partial charge in [0.2, 0.25) is 0 Å². The summed E-state index contributed by atoms with van der Waals surface area (Å²) < 4.78 is 10.9. The van der Waals surface area contributed by atoms with Crippen molar-refractivity contribution in [3.05, 3.63) is 16.6 Å². The molecule has 0 spiro atoms. The zero-order chi connectivity index (χ0) is 12.6. The van der Waals surface area contributed by atoms with Crippen LogP contribution in [0.1, 0.15) is 29.8 Å². The first-order valence-electron chi connectivity index (χ1n) is 6.22. The Morgan fingerprint density at radius 1 is 1.67 bits per heavy atom. The highest BCUT2D eigenvalue weighted by atomic mass is 32.1. The molecule has 1 N–H and O–H groups in total. The molecule has 18 heavy (non-hydrogen) atoms. The average molecular weight is 270 g/mol. The van der Waals surface area contributed by atoms with Gasteiger partial charge in [-0.15, -0.1) is 11.3 Å². The lowest BCUT2D eigenvalue weighted by Gasteiger charge is -2.10. The number of aromatic nitrogens is 1. The smallest absolute Gasteiger partial charge is 0.270 e. The van der Waals surface area contributed by atoms with Crippen molar-refractivity contribution in [1.82, 2.24) is 10.3 Å². The molecule has 1 aromatic rings. The van der Waals surface area contributed by atoms with Crippen LogP contribution in [-0.4, -0.2) is 43.4 Å². The summed E-state index contributed by atoms with van der Waals surface area (Å²) in [5.74, 6) is -0.115. The fraction of sp³-hybridized carbons (Fsp3) is 0.667. The Hall–Kier alpha value is -0.980. The van der Waals surface area contributed by atoms with E-state index in [9.17, 15) is 4.79 Å². The molecule has 1 saturated heterocycles. The van der Waals surface area contributed by atoms with Gasteiger partial charge < -0.3 is 14.8 Å². The Kier molecular flexibility index (Phi) is 5.57. The number of thiazole rings is 1. The number of rotatable bonds is 7. The first-order chi connectivity index (χ1) is 8.86. The standard InChI is InChI=1S/C12H18N2O3S/c15-12(11-8-18-9-14-11)13-4-2-5-16-7-10-3-1-6-17-10/h8-10H,1-7H2,(H,13,15). The van der Waals surface area contributed by atoms with Gasteiger partial charge in [0.25, 0.3) is 5.91 Å². The quantitative estimate of drug-likeness (QED) is 0.762. The van der Waals surface area contributed by atoms with E-state index in [1.165, 1.54) is 11.3 Å². The Bertz CT molecular complexity index is 350. The van der Waals surface area contributed by atoms with Gasteiger partial charge in [-0.25, -0.2) is 4.98 Å². The van der Waals surface area contributed by atoms with E-state index in [1.54, 1.807) is 10.9 Å². The third kappa shape index (κ3) is 4.36. The van der Waals surface area contributed by atoms with Gasteiger partial charge in [-0.3, -0.25) is 4.79 Å². The van der Waals surface area contributed by atoms with E-state index in [1.807, 2.05) is 0 Å². The maximum absolute atomic E-state index is 11.5. The van der Waals surface area contributed by atoms with Gasteiger partial charge in [0, 0.05) is 25.1 Å². The summed E-state index contributed by atoms with van der Waals surface area (Å²) in [4.78, 5) is 15.5. The van der Waals surface area contributed by atoms with Crippen molar-refractivity contribution in [3.8, 4) is 0 Å². The predicted octanol–water partition coefficient (Wildman–Crippen LogP) is 1.46. The van der Waals surface area contributed by atoms with Crippen molar-refractivity contribution in [1.29, 1.82) is 0 Å². The van der Waals surface area contributed by atoms with E-state index < -0.39 is 0 Å². The Balaban J connectivity index is 1.47. The van der Waals surface area contributed by atoms with E-state index in [-0.39, 0.29) is 12.0 Å². The van der Waals surface area contributed by atoms with Crippen LogP contribution in [0.15, 0.2) is 10.9 Å². The van der Waals surface area contributed by atoms with Gasteiger partial charge in [-0.1, -0.05) is 0 Å². The maximum atomic E-state index is 11.5. The number of hydrogen-bond donors (Lipinski definition) is 1. The second kappa shape index (κ2) is 7.45. The van der Waals surface area contributed by atoms with Crippen molar-refractivity contribution in [3.63, 3.8) is 0 Å². The van der Waals surface area contributed by atoms with Gasteiger partial charge in [0.1, 0.15) is 5.69 Å². The Morgan fingerprint density at radius 2 is 2.61 bits per heavy atom. The SMILES string of the molecule is O=C(NCCCOCC1CCCO1)c1cscn1. The molecule has 1 atom stereocenters. The third-order valence-corrected chi connectivity index (χ3v) is 3.33. The van der Waals surface area contributed by atoms with Gasteiger partial charge in [-0.2, -0.15) is 0 Å². The van der Waals surface area contributed by atoms with E-state index in [4.69, 9.17) is 9.47 Å². The predicted molar refractivity (Wildman–Crippen MR) is 68.9 cm³/mol. The minimum Gasteiger partial charge on any atom is -0.379 e. The third-order valence-electron chi connectivity index (χ3n) is 2.74. The minimum absolute atomic E-state index is 0.115. The molecule has 6 heteroatoms. The molecular weight excluding hydrogens is 252 g/mol. The fourth-order valence-corrected chi connectivity index (χ4v) is 2.31. The molecule has 1 aromatic heterocycles. The topological polar surface area (TPSA) is 60.5 Å². The molecule has 0 aromatic carbocycles. The number of amides is 1. The van der Waals surface area contributed by atoms with E-state index >= 15 is 0 Å². The zero-order valence-corrected chi connectivity index (χ0v) is 11.1. The van der Waals surface area contributed by atoms with Gasteiger partial charge in [0.05, 0.1) is 18.2 Å². The van der Waals surface area contributed by atoms with Crippen molar-refractivity contribution in [2.75, 3.05) is 26.4 Å². The summed E-state index contributed by atoms with van der Waals surface area (Å²) in [6.07, 6.45) is 3.32. The maximum Gasteiger partial charge on any atom is 0.270 e. The second-order valence-electron chi connectivity index (χ2n) is 4.19. The van der Waals surface area contributed by atoms with Gasteiger partial charge in [0.15, 0.2) is 0 Å². The molecule has 1 unspecified atom stereocenters. The molecule has 1 aliphatic rings. The molecule has 0 radical (unpaired) electrons. The van der Waals surface area contributed by atoms with Gasteiger partial charge in [-0.05, 0) is 19.3 Å². The van der Waals surface area contributed by atoms with Gasteiger partial charge >= 0.3 is 0 Å². The number of nitrogens with one attached hydrogen (secondary N) is 1. The van der Waals surface area contributed by atoms with E-state index in [2.05, 4.69) is 10.3 Å². The summed E-state index contributed by atoms with van der Waals surface area (Å²) in [5.41, 5.74) is 2.14. The van der Waals surface area contributed by atoms with Crippen LogP contribution in [-0.2, 0) is 9.47 Å². The molecular formula is C12H18N2O3S. The lowest BCUT2D eigenvalue weighted by molar-refractivity contribution is 0.0166. The largest absolute Gasteiger partial charge is 0.379 e. The van der Waals surface area contributed by atoms with Crippen molar-refractivity contribution in [2.45, 2.75) is 25.4 Å². The number of ether oxygens (including phenoxy) is 2. The Labute approximate surface area is 111 Å². The molecule has 100 valence electrons. The summed E-state index contributed by atoms with van der Waals surface area (Å²) >= 11 is 1.42. The number of carbonyl (C=O) groups excluding carboxylic acids is 1. The molecule has 1 amide bonds. The highest BCUT2D eigenvalue weighted by Crippen LogP contribution is 2.11. The summed E-state index contributed by atoms with van der Waals surface area (Å²) in [6.45, 7) is 2.79. The summed E-state index contributed by atoms with van der Waals surface area (Å²) in [6, 6.07) is 0. The van der Waals surface area contributed by atoms with Crippen LogP contribution < -0.4 is 5.32 Å². The minimum atomic E-state index is -0.115. The summed E-state index contributed by atoms with van der Waals surface area (Å²) in [5, 5.41) is 4.55. The number of nitrogens with zero attached hydrogens (tertiary/aromatic N) is 1. The van der Waals surface area contributed by atoms with E-state index in [0.29, 0.717) is 25.5 Å². The number of hydrogen-bond acceptors (Lipinski definition) is 5. The van der Waals surface area contributed by atoms with Crippen LogP contribution in [0.25, 0.3) is 0 Å².